The molecule has 1 aliphatic rings. The van der Waals surface area contributed by atoms with Gasteiger partial charge in [0.2, 0.25) is 5.91 Å². The predicted molar refractivity (Wildman–Crippen MR) is 90.4 cm³/mol. The molecule has 2 heterocycles. The van der Waals surface area contributed by atoms with Gasteiger partial charge in [-0.15, -0.1) is 0 Å². The van der Waals surface area contributed by atoms with E-state index in [1.54, 1.807) is 6.20 Å². The van der Waals surface area contributed by atoms with E-state index >= 15 is 0 Å². The lowest BCUT2D eigenvalue weighted by Crippen LogP contribution is -2.60. The number of benzene rings is 1. The number of nitrogens with one attached hydrogen (secondary N) is 1. The van der Waals surface area contributed by atoms with E-state index in [1.807, 2.05) is 18.9 Å². The lowest BCUT2D eigenvalue weighted by atomic mass is 10.1. The SMILES string of the molecule is Cc1cncnc1N1CC(N(C)CC(=O)Nc2ccc(F)cc2F)C1. The van der Waals surface area contributed by atoms with Crippen molar-refractivity contribution < 1.29 is 13.6 Å². The van der Waals surface area contributed by atoms with Gasteiger partial charge in [0, 0.05) is 37.0 Å². The molecule has 1 aromatic carbocycles. The van der Waals surface area contributed by atoms with E-state index in [0.29, 0.717) is 0 Å². The molecule has 1 aromatic heterocycles. The van der Waals surface area contributed by atoms with Crippen molar-refractivity contribution in [2.45, 2.75) is 13.0 Å². The lowest BCUT2D eigenvalue weighted by Gasteiger charge is -2.44. The van der Waals surface area contributed by atoms with Gasteiger partial charge in [0.15, 0.2) is 0 Å². The second-order valence-electron chi connectivity index (χ2n) is 6.18. The summed E-state index contributed by atoms with van der Waals surface area (Å²) in [7, 11) is 1.84. The van der Waals surface area contributed by atoms with Gasteiger partial charge in [-0.05, 0) is 26.1 Å². The minimum atomic E-state index is -0.787. The molecule has 6 nitrogen and oxygen atoms in total. The molecule has 25 heavy (non-hydrogen) atoms. The van der Waals surface area contributed by atoms with Gasteiger partial charge in [-0.3, -0.25) is 9.69 Å². The average molecular weight is 347 g/mol. The molecule has 1 saturated heterocycles. The zero-order valence-corrected chi connectivity index (χ0v) is 14.0. The number of amides is 1. The van der Waals surface area contributed by atoms with Gasteiger partial charge in [-0.1, -0.05) is 0 Å². The Bertz CT molecular complexity index is 779. The van der Waals surface area contributed by atoms with Crippen LogP contribution < -0.4 is 10.2 Å². The fraction of sp³-hybridized carbons (Fsp3) is 0.353. The monoisotopic (exact) mass is 347 g/mol. The zero-order valence-electron chi connectivity index (χ0n) is 14.0. The van der Waals surface area contributed by atoms with Crippen LogP contribution >= 0.6 is 0 Å². The Morgan fingerprint density at radius 2 is 2.16 bits per heavy atom. The van der Waals surface area contributed by atoms with Crippen LogP contribution in [-0.2, 0) is 4.79 Å². The highest BCUT2D eigenvalue weighted by atomic mass is 19.1. The van der Waals surface area contributed by atoms with Crippen molar-refractivity contribution in [3.8, 4) is 0 Å². The third-order valence-electron chi connectivity index (χ3n) is 4.25. The van der Waals surface area contributed by atoms with Gasteiger partial charge < -0.3 is 10.2 Å². The van der Waals surface area contributed by atoms with Crippen LogP contribution in [0, 0.1) is 18.6 Å². The van der Waals surface area contributed by atoms with Gasteiger partial charge in [-0.25, -0.2) is 18.7 Å². The van der Waals surface area contributed by atoms with Crippen LogP contribution in [0.4, 0.5) is 20.3 Å². The fourth-order valence-electron chi connectivity index (χ4n) is 2.77. The number of hydrogen-bond donors (Lipinski definition) is 1. The number of aryl methyl sites for hydroxylation is 1. The van der Waals surface area contributed by atoms with E-state index < -0.39 is 11.6 Å². The van der Waals surface area contributed by atoms with Gasteiger partial charge >= 0.3 is 0 Å². The van der Waals surface area contributed by atoms with Gasteiger partial charge in [0.25, 0.3) is 0 Å². The largest absolute Gasteiger partial charge is 0.353 e. The number of likely N-dealkylation sites (N-methyl/N-ethyl adjacent to an activating group) is 1. The molecule has 1 fully saturated rings. The van der Waals surface area contributed by atoms with Crippen LogP contribution in [0.25, 0.3) is 0 Å². The molecular formula is C17H19F2N5O. The molecule has 0 spiro atoms. The molecule has 1 aliphatic heterocycles. The minimum Gasteiger partial charge on any atom is -0.353 e. The Balaban J connectivity index is 1.51. The van der Waals surface area contributed by atoms with Crippen molar-refractivity contribution in [3.05, 3.63) is 47.9 Å². The number of rotatable bonds is 5. The van der Waals surface area contributed by atoms with E-state index in [0.717, 1.165) is 36.6 Å². The Kier molecular flexibility index (Phi) is 4.89. The first-order chi connectivity index (χ1) is 11.9. The number of nitrogens with zero attached hydrogens (tertiary/aromatic N) is 4. The molecule has 132 valence electrons. The van der Waals surface area contributed by atoms with Crippen LogP contribution in [0.2, 0.25) is 0 Å². The molecular weight excluding hydrogens is 328 g/mol. The molecule has 0 aliphatic carbocycles. The van der Waals surface area contributed by atoms with E-state index in [4.69, 9.17) is 0 Å². The molecule has 2 aromatic rings. The zero-order chi connectivity index (χ0) is 18.0. The van der Waals surface area contributed by atoms with Crippen LogP contribution in [-0.4, -0.2) is 53.5 Å². The smallest absolute Gasteiger partial charge is 0.238 e. The quantitative estimate of drug-likeness (QED) is 0.894. The van der Waals surface area contributed by atoms with Crippen molar-refractivity contribution >= 4 is 17.4 Å². The van der Waals surface area contributed by atoms with Crippen LogP contribution in [0.3, 0.4) is 0 Å². The van der Waals surface area contributed by atoms with Gasteiger partial charge in [0.05, 0.1) is 12.2 Å². The highest BCUT2D eigenvalue weighted by Crippen LogP contribution is 2.23. The van der Waals surface area contributed by atoms with Crippen molar-refractivity contribution in [2.75, 3.05) is 36.9 Å². The second-order valence-corrected chi connectivity index (χ2v) is 6.18. The Hall–Kier alpha value is -2.61. The Morgan fingerprint density at radius 1 is 1.40 bits per heavy atom. The van der Waals surface area contributed by atoms with Crippen molar-refractivity contribution in [1.29, 1.82) is 0 Å². The topological polar surface area (TPSA) is 61.4 Å². The standard InChI is InChI=1S/C17H19F2N5O/c1-11-6-20-10-21-17(11)24-7-13(8-24)23(2)9-16(25)22-15-4-3-12(18)5-14(15)19/h3-6,10,13H,7-9H2,1-2H3,(H,22,25). The van der Waals surface area contributed by atoms with E-state index in [-0.39, 0.29) is 24.2 Å². The molecule has 8 heteroatoms. The minimum absolute atomic E-state index is 0.0216. The van der Waals surface area contributed by atoms with Gasteiger partial charge in [0.1, 0.15) is 23.8 Å². The predicted octanol–water partition coefficient (Wildman–Crippen LogP) is 1.82. The number of anilines is 2. The number of aromatic nitrogens is 2. The maximum Gasteiger partial charge on any atom is 0.238 e. The number of carbonyl (C=O) groups excluding carboxylic acids is 1. The molecule has 0 radical (unpaired) electrons. The van der Waals surface area contributed by atoms with E-state index in [1.165, 1.54) is 12.4 Å². The Morgan fingerprint density at radius 3 is 2.84 bits per heavy atom. The summed E-state index contributed by atoms with van der Waals surface area (Å²) in [5.74, 6) is -0.908. The average Bonchev–Trinajstić information content (AvgIpc) is 2.50. The first-order valence-electron chi connectivity index (χ1n) is 7.90. The van der Waals surface area contributed by atoms with Crippen molar-refractivity contribution in [3.63, 3.8) is 0 Å². The van der Waals surface area contributed by atoms with Gasteiger partial charge in [-0.2, -0.15) is 0 Å². The number of carbonyl (C=O) groups is 1. The highest BCUT2D eigenvalue weighted by molar-refractivity contribution is 5.92. The molecule has 1 amide bonds. The summed E-state index contributed by atoms with van der Waals surface area (Å²) in [5.41, 5.74) is 0.986. The lowest BCUT2D eigenvalue weighted by molar-refractivity contribution is -0.117. The van der Waals surface area contributed by atoms with E-state index in [9.17, 15) is 13.6 Å². The van der Waals surface area contributed by atoms with Crippen LogP contribution in [0.5, 0.6) is 0 Å². The highest BCUT2D eigenvalue weighted by Gasteiger charge is 2.32. The molecule has 0 unspecified atom stereocenters. The molecule has 0 atom stereocenters. The Labute approximate surface area is 144 Å². The number of halogens is 2. The maximum atomic E-state index is 13.6. The normalized spacial score (nSPS) is 14.5. The van der Waals surface area contributed by atoms with Crippen molar-refractivity contribution in [2.24, 2.45) is 0 Å². The summed E-state index contributed by atoms with van der Waals surface area (Å²) in [6.45, 7) is 3.59. The summed E-state index contributed by atoms with van der Waals surface area (Å²) >= 11 is 0. The summed E-state index contributed by atoms with van der Waals surface area (Å²) in [6.07, 6.45) is 3.29. The number of hydrogen-bond acceptors (Lipinski definition) is 5. The van der Waals surface area contributed by atoms with Crippen LogP contribution in [0.1, 0.15) is 5.56 Å². The first kappa shape index (κ1) is 17.2. The summed E-state index contributed by atoms with van der Waals surface area (Å²) in [4.78, 5) is 24.3. The van der Waals surface area contributed by atoms with E-state index in [2.05, 4.69) is 20.2 Å². The summed E-state index contributed by atoms with van der Waals surface area (Å²) in [5, 5.41) is 2.47. The third kappa shape index (κ3) is 3.90. The van der Waals surface area contributed by atoms with Crippen LogP contribution in [0.15, 0.2) is 30.7 Å². The third-order valence-corrected chi connectivity index (χ3v) is 4.25. The maximum absolute atomic E-state index is 13.6. The first-order valence-corrected chi connectivity index (χ1v) is 7.90. The molecule has 0 saturated carbocycles. The summed E-state index contributed by atoms with van der Waals surface area (Å²) in [6, 6.07) is 3.27. The summed E-state index contributed by atoms with van der Waals surface area (Å²) < 4.78 is 26.5. The molecule has 1 N–H and O–H groups in total. The second kappa shape index (κ2) is 7.10. The molecule has 3 rings (SSSR count). The molecule has 0 bridgehead atoms. The fourth-order valence-corrected chi connectivity index (χ4v) is 2.77. The van der Waals surface area contributed by atoms with Crippen molar-refractivity contribution in [1.82, 2.24) is 14.9 Å².